The first-order chi connectivity index (χ1) is 13.0. The number of carbonyl (C=O) groups is 2. The molecule has 0 aliphatic carbocycles. The van der Waals surface area contributed by atoms with Crippen molar-refractivity contribution in [2.45, 2.75) is 26.4 Å². The highest BCUT2D eigenvalue weighted by Crippen LogP contribution is 2.16. The van der Waals surface area contributed by atoms with Gasteiger partial charge >= 0.3 is 0 Å². The Morgan fingerprint density at radius 1 is 1.07 bits per heavy atom. The summed E-state index contributed by atoms with van der Waals surface area (Å²) in [5, 5.41) is 2.76. The Morgan fingerprint density at radius 2 is 1.78 bits per heavy atom. The van der Waals surface area contributed by atoms with Crippen LogP contribution in [0.1, 0.15) is 19.4 Å². The van der Waals surface area contributed by atoms with Gasteiger partial charge in [-0.15, -0.1) is 0 Å². The number of hydrogen-bond acceptors (Lipinski definition) is 4. The first kappa shape index (κ1) is 20.3. The van der Waals surface area contributed by atoms with Crippen LogP contribution in [0.5, 0.6) is 11.5 Å². The Kier molecular flexibility index (Phi) is 7.67. The van der Waals surface area contributed by atoms with Crippen LogP contribution in [0.3, 0.4) is 0 Å². The number of rotatable bonds is 9. The molecule has 0 aliphatic heterocycles. The molecule has 6 nitrogen and oxygen atoms in total. The number of para-hydroxylation sites is 1. The van der Waals surface area contributed by atoms with Gasteiger partial charge in [0, 0.05) is 13.1 Å². The van der Waals surface area contributed by atoms with Crippen LogP contribution in [0.2, 0.25) is 0 Å². The van der Waals surface area contributed by atoms with Crippen molar-refractivity contribution in [2.75, 3.05) is 20.3 Å². The molecule has 2 rings (SSSR count). The monoisotopic (exact) mass is 370 g/mol. The largest absolute Gasteiger partial charge is 0.497 e. The molecule has 0 radical (unpaired) electrons. The molecular weight excluding hydrogens is 344 g/mol. The zero-order valence-corrected chi connectivity index (χ0v) is 16.0. The second kappa shape index (κ2) is 10.2. The lowest BCUT2D eigenvalue weighted by molar-refractivity contribution is -0.142. The Balaban J connectivity index is 2.14. The highest BCUT2D eigenvalue weighted by Gasteiger charge is 2.26. The third-order valence-electron chi connectivity index (χ3n) is 4.11. The summed E-state index contributed by atoms with van der Waals surface area (Å²) in [4.78, 5) is 26.6. The molecule has 27 heavy (non-hydrogen) atoms. The van der Waals surface area contributed by atoms with E-state index in [1.165, 1.54) is 4.90 Å². The lowest BCUT2D eigenvalue weighted by Gasteiger charge is -2.28. The average Bonchev–Trinajstić information content (AvgIpc) is 2.70. The predicted molar refractivity (Wildman–Crippen MR) is 104 cm³/mol. The highest BCUT2D eigenvalue weighted by atomic mass is 16.5. The van der Waals surface area contributed by atoms with Gasteiger partial charge in [0.05, 0.1) is 7.11 Å². The van der Waals surface area contributed by atoms with E-state index in [1.54, 1.807) is 26.2 Å². The van der Waals surface area contributed by atoms with E-state index in [0.717, 1.165) is 5.56 Å². The Hall–Kier alpha value is -3.02. The normalized spacial score (nSPS) is 11.4. The summed E-state index contributed by atoms with van der Waals surface area (Å²) in [5.41, 5.74) is 0.874. The van der Waals surface area contributed by atoms with Gasteiger partial charge in [-0.1, -0.05) is 30.3 Å². The molecular formula is C21H26N2O4. The molecule has 1 unspecified atom stereocenters. The number of nitrogens with zero attached hydrogens (tertiary/aromatic N) is 1. The van der Waals surface area contributed by atoms with Crippen molar-refractivity contribution in [3.63, 3.8) is 0 Å². The van der Waals surface area contributed by atoms with E-state index in [9.17, 15) is 9.59 Å². The van der Waals surface area contributed by atoms with E-state index in [2.05, 4.69) is 5.32 Å². The van der Waals surface area contributed by atoms with Gasteiger partial charge in [-0.25, -0.2) is 0 Å². The summed E-state index contributed by atoms with van der Waals surface area (Å²) in [7, 11) is 1.59. The average molecular weight is 370 g/mol. The topological polar surface area (TPSA) is 67.9 Å². The Labute approximate surface area is 160 Å². The fourth-order valence-electron chi connectivity index (χ4n) is 2.62. The zero-order chi connectivity index (χ0) is 19.6. The Bertz CT molecular complexity index is 749. The Morgan fingerprint density at radius 3 is 2.44 bits per heavy atom. The SMILES string of the molecule is CCNC(=O)C(C)N(Cc1cccc(OC)c1)C(=O)COc1ccccc1. The molecule has 0 saturated heterocycles. The fraction of sp³-hybridized carbons (Fsp3) is 0.333. The molecule has 2 amide bonds. The lowest BCUT2D eigenvalue weighted by atomic mass is 10.1. The van der Waals surface area contributed by atoms with Crippen molar-refractivity contribution in [3.8, 4) is 11.5 Å². The van der Waals surface area contributed by atoms with Gasteiger partial charge in [0.2, 0.25) is 5.91 Å². The molecule has 0 aliphatic rings. The fourth-order valence-corrected chi connectivity index (χ4v) is 2.62. The molecule has 0 bridgehead atoms. The van der Waals surface area contributed by atoms with E-state index in [0.29, 0.717) is 18.0 Å². The van der Waals surface area contributed by atoms with Gasteiger partial charge in [-0.05, 0) is 43.7 Å². The second-order valence-electron chi connectivity index (χ2n) is 6.05. The smallest absolute Gasteiger partial charge is 0.261 e. The first-order valence-electron chi connectivity index (χ1n) is 8.93. The minimum absolute atomic E-state index is 0.141. The maximum Gasteiger partial charge on any atom is 0.261 e. The van der Waals surface area contributed by atoms with Gasteiger partial charge in [-0.2, -0.15) is 0 Å². The molecule has 1 atom stereocenters. The molecule has 0 heterocycles. The standard InChI is InChI=1S/C21H26N2O4/c1-4-22-21(25)16(2)23(14-17-9-8-12-19(13-17)26-3)20(24)15-27-18-10-6-5-7-11-18/h5-13,16H,4,14-15H2,1-3H3,(H,22,25). The van der Waals surface area contributed by atoms with Crippen molar-refractivity contribution in [3.05, 3.63) is 60.2 Å². The van der Waals surface area contributed by atoms with Crippen LogP contribution in [0, 0.1) is 0 Å². The van der Waals surface area contributed by atoms with E-state index in [4.69, 9.17) is 9.47 Å². The van der Waals surface area contributed by atoms with Crippen molar-refractivity contribution >= 4 is 11.8 Å². The van der Waals surface area contributed by atoms with E-state index < -0.39 is 6.04 Å². The third-order valence-corrected chi connectivity index (χ3v) is 4.11. The van der Waals surface area contributed by atoms with Crippen LogP contribution >= 0.6 is 0 Å². The summed E-state index contributed by atoms with van der Waals surface area (Å²) < 4.78 is 10.8. The van der Waals surface area contributed by atoms with Gasteiger partial charge in [-0.3, -0.25) is 9.59 Å². The highest BCUT2D eigenvalue weighted by molar-refractivity contribution is 5.87. The molecule has 0 fully saturated rings. The molecule has 1 N–H and O–H groups in total. The molecule has 6 heteroatoms. The molecule has 144 valence electrons. The van der Waals surface area contributed by atoms with Crippen molar-refractivity contribution in [2.24, 2.45) is 0 Å². The molecule has 0 saturated carbocycles. The minimum Gasteiger partial charge on any atom is -0.497 e. The van der Waals surface area contributed by atoms with Crippen LogP contribution in [-0.4, -0.2) is 43.0 Å². The van der Waals surface area contributed by atoms with Crippen LogP contribution in [0.4, 0.5) is 0 Å². The van der Waals surface area contributed by atoms with Gasteiger partial charge in [0.1, 0.15) is 17.5 Å². The zero-order valence-electron chi connectivity index (χ0n) is 16.0. The maximum atomic E-state index is 12.8. The molecule has 2 aromatic rings. The quantitative estimate of drug-likeness (QED) is 0.737. The number of amides is 2. The van der Waals surface area contributed by atoms with Gasteiger partial charge < -0.3 is 19.7 Å². The maximum absolute atomic E-state index is 12.8. The molecule has 0 spiro atoms. The molecule has 2 aromatic carbocycles. The number of methoxy groups -OCH3 is 1. The van der Waals surface area contributed by atoms with Gasteiger partial charge in [0.25, 0.3) is 5.91 Å². The van der Waals surface area contributed by atoms with Crippen LogP contribution in [-0.2, 0) is 16.1 Å². The van der Waals surface area contributed by atoms with Crippen LogP contribution < -0.4 is 14.8 Å². The van der Waals surface area contributed by atoms with Crippen molar-refractivity contribution < 1.29 is 19.1 Å². The number of nitrogens with one attached hydrogen (secondary N) is 1. The van der Waals surface area contributed by atoms with E-state index >= 15 is 0 Å². The summed E-state index contributed by atoms with van der Waals surface area (Å²) in [5.74, 6) is 0.845. The summed E-state index contributed by atoms with van der Waals surface area (Å²) in [6.07, 6.45) is 0. The van der Waals surface area contributed by atoms with Crippen molar-refractivity contribution in [1.29, 1.82) is 0 Å². The van der Waals surface area contributed by atoms with Gasteiger partial charge in [0.15, 0.2) is 6.61 Å². The van der Waals surface area contributed by atoms with E-state index in [1.807, 2.05) is 49.4 Å². The first-order valence-corrected chi connectivity index (χ1v) is 8.93. The number of likely N-dealkylation sites (N-methyl/N-ethyl adjacent to an activating group) is 1. The second-order valence-corrected chi connectivity index (χ2v) is 6.05. The number of hydrogen-bond donors (Lipinski definition) is 1. The number of carbonyl (C=O) groups excluding carboxylic acids is 2. The summed E-state index contributed by atoms with van der Waals surface area (Å²) in [6, 6.07) is 15.9. The van der Waals surface area contributed by atoms with Crippen LogP contribution in [0.15, 0.2) is 54.6 Å². The third kappa shape index (κ3) is 6.02. The van der Waals surface area contributed by atoms with Crippen LogP contribution in [0.25, 0.3) is 0 Å². The molecule has 0 aromatic heterocycles. The number of ether oxygens (including phenoxy) is 2. The lowest BCUT2D eigenvalue weighted by Crippen LogP contribution is -2.49. The summed E-state index contributed by atoms with van der Waals surface area (Å²) in [6.45, 7) is 4.21. The predicted octanol–water partition coefficient (Wildman–Crippen LogP) is 2.63. The van der Waals surface area contributed by atoms with E-state index in [-0.39, 0.29) is 25.0 Å². The number of benzene rings is 2. The minimum atomic E-state index is -0.622. The van der Waals surface area contributed by atoms with Crippen molar-refractivity contribution in [1.82, 2.24) is 10.2 Å². The summed E-state index contributed by atoms with van der Waals surface area (Å²) >= 11 is 0.